The third-order valence-electron chi connectivity index (χ3n) is 3.12. The molecule has 0 saturated carbocycles. The molecule has 1 fully saturated rings. The number of rotatable bonds is 3. The van der Waals surface area contributed by atoms with Gasteiger partial charge in [-0.2, -0.15) is 0 Å². The Labute approximate surface area is 119 Å². The maximum atomic E-state index is 12.1. The zero-order valence-electron chi connectivity index (χ0n) is 11.0. The van der Waals surface area contributed by atoms with E-state index in [1.807, 2.05) is 0 Å². The standard InChI is InChI=1S/C13H19N3O2.ClH/c1-16(8-10-4-3-7-18-9-10)13(17)11-5-2-6-12(14)15-11;/h2,5-6,10H,3-4,7-9H2,1H3,(H2,14,15);1H. The minimum Gasteiger partial charge on any atom is -0.384 e. The molecule has 2 rings (SSSR count). The number of nitrogen functional groups attached to an aromatic ring is 1. The summed E-state index contributed by atoms with van der Waals surface area (Å²) in [6.07, 6.45) is 2.19. The first-order valence-corrected chi connectivity index (χ1v) is 6.22. The van der Waals surface area contributed by atoms with Crippen LogP contribution in [-0.2, 0) is 4.74 Å². The van der Waals surface area contributed by atoms with E-state index in [4.69, 9.17) is 10.5 Å². The molecule has 2 N–H and O–H groups in total. The fraction of sp³-hybridized carbons (Fsp3) is 0.538. The number of amides is 1. The van der Waals surface area contributed by atoms with Gasteiger partial charge in [0.1, 0.15) is 11.5 Å². The summed E-state index contributed by atoms with van der Waals surface area (Å²) in [5.41, 5.74) is 5.98. The maximum Gasteiger partial charge on any atom is 0.272 e. The molecule has 1 aromatic rings. The second kappa shape index (κ2) is 7.31. The fourth-order valence-corrected chi connectivity index (χ4v) is 2.19. The Balaban J connectivity index is 0.00000180. The van der Waals surface area contributed by atoms with Crippen molar-refractivity contribution in [3.8, 4) is 0 Å². The van der Waals surface area contributed by atoms with Crippen molar-refractivity contribution in [2.24, 2.45) is 5.92 Å². The predicted molar refractivity (Wildman–Crippen MR) is 76.4 cm³/mol. The van der Waals surface area contributed by atoms with Crippen LogP contribution in [0.25, 0.3) is 0 Å². The molecule has 106 valence electrons. The predicted octanol–water partition coefficient (Wildman–Crippen LogP) is 1.58. The average Bonchev–Trinajstić information content (AvgIpc) is 2.39. The molecule has 0 aliphatic carbocycles. The first-order valence-electron chi connectivity index (χ1n) is 6.22. The van der Waals surface area contributed by atoms with Crippen molar-refractivity contribution in [1.82, 2.24) is 9.88 Å². The second-order valence-corrected chi connectivity index (χ2v) is 4.72. The summed E-state index contributed by atoms with van der Waals surface area (Å²) in [5.74, 6) is 0.705. The van der Waals surface area contributed by atoms with E-state index in [-0.39, 0.29) is 18.3 Å². The Morgan fingerprint density at radius 3 is 3.00 bits per heavy atom. The van der Waals surface area contributed by atoms with Gasteiger partial charge in [-0.25, -0.2) is 4.98 Å². The molecule has 0 spiro atoms. The molecule has 6 heteroatoms. The highest BCUT2D eigenvalue weighted by molar-refractivity contribution is 5.92. The summed E-state index contributed by atoms with van der Waals surface area (Å²) in [5, 5.41) is 0. The molecule has 19 heavy (non-hydrogen) atoms. The highest BCUT2D eigenvalue weighted by Crippen LogP contribution is 2.15. The number of halogens is 1. The fourth-order valence-electron chi connectivity index (χ4n) is 2.19. The van der Waals surface area contributed by atoms with Crippen LogP contribution in [0.15, 0.2) is 18.2 Å². The number of hydrogen-bond donors (Lipinski definition) is 1. The van der Waals surface area contributed by atoms with Crippen LogP contribution in [0, 0.1) is 5.92 Å². The van der Waals surface area contributed by atoms with Crippen LogP contribution in [0.4, 0.5) is 5.82 Å². The van der Waals surface area contributed by atoms with E-state index in [0.29, 0.717) is 24.0 Å². The van der Waals surface area contributed by atoms with E-state index in [0.717, 1.165) is 26.1 Å². The average molecular weight is 286 g/mol. The molecule has 0 radical (unpaired) electrons. The van der Waals surface area contributed by atoms with Gasteiger partial charge in [-0.1, -0.05) is 6.07 Å². The summed E-state index contributed by atoms with van der Waals surface area (Å²) in [4.78, 5) is 17.9. The van der Waals surface area contributed by atoms with Gasteiger partial charge in [0.2, 0.25) is 0 Å². The van der Waals surface area contributed by atoms with Gasteiger partial charge in [-0.05, 0) is 30.9 Å². The number of carbonyl (C=O) groups is 1. The topological polar surface area (TPSA) is 68.5 Å². The molecule has 1 aliphatic rings. The molecule has 1 unspecified atom stereocenters. The Hall–Kier alpha value is -1.33. The summed E-state index contributed by atoms with van der Waals surface area (Å²) in [7, 11) is 1.79. The number of hydrogen-bond acceptors (Lipinski definition) is 4. The van der Waals surface area contributed by atoms with Gasteiger partial charge in [-0.3, -0.25) is 4.79 Å². The SMILES string of the molecule is CN(CC1CCCOC1)C(=O)c1cccc(N)n1.Cl. The number of aromatic nitrogens is 1. The maximum absolute atomic E-state index is 12.1. The van der Waals surface area contributed by atoms with Crippen molar-refractivity contribution in [3.05, 3.63) is 23.9 Å². The van der Waals surface area contributed by atoms with Crippen LogP contribution in [0.2, 0.25) is 0 Å². The molecule has 1 aliphatic heterocycles. The van der Waals surface area contributed by atoms with Gasteiger partial charge in [0.05, 0.1) is 6.61 Å². The smallest absolute Gasteiger partial charge is 0.272 e. The van der Waals surface area contributed by atoms with Crippen molar-refractivity contribution in [3.63, 3.8) is 0 Å². The Bertz CT molecular complexity index is 422. The Kier molecular flexibility index (Phi) is 6.05. The lowest BCUT2D eigenvalue weighted by atomic mass is 10.0. The molecular weight excluding hydrogens is 266 g/mol. The van der Waals surface area contributed by atoms with E-state index >= 15 is 0 Å². The zero-order chi connectivity index (χ0) is 13.0. The van der Waals surface area contributed by atoms with Crippen molar-refractivity contribution in [1.29, 1.82) is 0 Å². The van der Waals surface area contributed by atoms with E-state index in [9.17, 15) is 4.79 Å². The van der Waals surface area contributed by atoms with Crippen LogP contribution < -0.4 is 5.73 Å². The molecule has 2 heterocycles. The van der Waals surface area contributed by atoms with E-state index < -0.39 is 0 Å². The summed E-state index contributed by atoms with van der Waals surface area (Å²) in [6, 6.07) is 5.10. The molecule has 1 amide bonds. The first kappa shape index (κ1) is 15.7. The van der Waals surface area contributed by atoms with Crippen LogP contribution in [0.5, 0.6) is 0 Å². The summed E-state index contributed by atoms with van der Waals surface area (Å²) >= 11 is 0. The van der Waals surface area contributed by atoms with Crippen molar-refractivity contribution in [2.45, 2.75) is 12.8 Å². The lowest BCUT2D eigenvalue weighted by Gasteiger charge is -2.27. The number of anilines is 1. The molecule has 1 atom stereocenters. The minimum atomic E-state index is -0.0899. The third kappa shape index (κ3) is 4.36. The van der Waals surface area contributed by atoms with Crippen LogP contribution in [-0.4, -0.2) is 42.6 Å². The Morgan fingerprint density at radius 1 is 1.58 bits per heavy atom. The van der Waals surface area contributed by atoms with Gasteiger partial charge in [0, 0.05) is 20.2 Å². The molecule has 5 nitrogen and oxygen atoms in total. The summed E-state index contributed by atoms with van der Waals surface area (Å²) < 4.78 is 5.41. The van der Waals surface area contributed by atoms with E-state index in [2.05, 4.69) is 4.98 Å². The normalized spacial score (nSPS) is 18.5. The van der Waals surface area contributed by atoms with Gasteiger partial charge >= 0.3 is 0 Å². The highest BCUT2D eigenvalue weighted by atomic mass is 35.5. The Morgan fingerprint density at radius 2 is 2.37 bits per heavy atom. The quantitative estimate of drug-likeness (QED) is 0.916. The van der Waals surface area contributed by atoms with Crippen LogP contribution in [0.3, 0.4) is 0 Å². The van der Waals surface area contributed by atoms with Crippen LogP contribution >= 0.6 is 12.4 Å². The lowest BCUT2D eigenvalue weighted by molar-refractivity contribution is 0.0387. The highest BCUT2D eigenvalue weighted by Gasteiger charge is 2.20. The minimum absolute atomic E-state index is 0. The number of pyridine rings is 1. The van der Waals surface area contributed by atoms with Gasteiger partial charge in [0.15, 0.2) is 0 Å². The molecule has 1 aromatic heterocycles. The summed E-state index contributed by atoms with van der Waals surface area (Å²) in [6.45, 7) is 2.28. The lowest BCUT2D eigenvalue weighted by Crippen LogP contribution is -2.35. The molecule has 0 aromatic carbocycles. The van der Waals surface area contributed by atoms with Crippen molar-refractivity contribution >= 4 is 24.1 Å². The number of nitrogens with zero attached hydrogens (tertiary/aromatic N) is 2. The van der Waals surface area contributed by atoms with Gasteiger partial charge in [-0.15, -0.1) is 12.4 Å². The van der Waals surface area contributed by atoms with Gasteiger partial charge < -0.3 is 15.4 Å². The van der Waals surface area contributed by atoms with Gasteiger partial charge in [0.25, 0.3) is 5.91 Å². The van der Waals surface area contributed by atoms with Crippen molar-refractivity contribution < 1.29 is 9.53 Å². The zero-order valence-corrected chi connectivity index (χ0v) is 11.9. The van der Waals surface area contributed by atoms with Crippen molar-refractivity contribution in [2.75, 3.05) is 32.5 Å². The third-order valence-corrected chi connectivity index (χ3v) is 3.12. The number of carbonyl (C=O) groups excluding carboxylic acids is 1. The molecule has 1 saturated heterocycles. The number of ether oxygens (including phenoxy) is 1. The van der Waals surface area contributed by atoms with E-state index in [1.54, 1.807) is 30.1 Å². The van der Waals surface area contributed by atoms with Crippen LogP contribution in [0.1, 0.15) is 23.3 Å². The second-order valence-electron chi connectivity index (χ2n) is 4.72. The molecular formula is C13H20ClN3O2. The monoisotopic (exact) mass is 285 g/mol. The number of nitrogens with two attached hydrogens (primary N) is 1. The first-order chi connectivity index (χ1) is 8.66. The largest absolute Gasteiger partial charge is 0.384 e. The van der Waals surface area contributed by atoms with E-state index in [1.165, 1.54) is 0 Å². The molecule has 0 bridgehead atoms.